The number of piperidine rings is 1. The van der Waals surface area contributed by atoms with Crippen LogP contribution in [-0.4, -0.2) is 47.1 Å². The zero-order chi connectivity index (χ0) is 27.9. The summed E-state index contributed by atoms with van der Waals surface area (Å²) in [6.07, 6.45) is 2.51. The van der Waals surface area contributed by atoms with E-state index in [1.165, 1.54) is 24.5 Å². The molecule has 1 aliphatic heterocycles. The summed E-state index contributed by atoms with van der Waals surface area (Å²) in [5.74, 6) is 0.472. The van der Waals surface area contributed by atoms with E-state index in [-0.39, 0.29) is 10.9 Å². The highest BCUT2D eigenvalue weighted by molar-refractivity contribution is 7.89. The van der Waals surface area contributed by atoms with Crippen LogP contribution in [0.3, 0.4) is 0 Å². The minimum absolute atomic E-state index is 0.344. The van der Waals surface area contributed by atoms with Crippen LogP contribution in [0.4, 0.5) is 10.2 Å². The molecule has 1 aliphatic rings. The Balaban J connectivity index is 1.33. The lowest BCUT2D eigenvalue weighted by atomic mass is 10.1. The van der Waals surface area contributed by atoms with E-state index in [0.29, 0.717) is 58.8 Å². The first-order chi connectivity index (χ1) is 19.3. The van der Waals surface area contributed by atoms with Crippen LogP contribution in [0.25, 0.3) is 28.2 Å². The topological polar surface area (TPSA) is 93.0 Å². The predicted octanol–water partition coefficient (Wildman–Crippen LogP) is 5.88. The summed E-state index contributed by atoms with van der Waals surface area (Å²) >= 11 is 12.7. The number of aromatic nitrogens is 4. The summed E-state index contributed by atoms with van der Waals surface area (Å²) in [5.41, 5.74) is 2.75. The lowest BCUT2D eigenvalue weighted by Gasteiger charge is -2.33. The van der Waals surface area contributed by atoms with Gasteiger partial charge in [-0.1, -0.05) is 47.5 Å². The van der Waals surface area contributed by atoms with Crippen LogP contribution in [0, 0.1) is 5.82 Å². The Morgan fingerprint density at radius 3 is 2.33 bits per heavy atom. The number of sulfonamides is 1. The van der Waals surface area contributed by atoms with E-state index < -0.39 is 15.8 Å². The Kier molecular flexibility index (Phi) is 7.18. The average molecular weight is 598 g/mol. The van der Waals surface area contributed by atoms with Gasteiger partial charge in [-0.3, -0.25) is 4.57 Å². The molecule has 0 saturated carbocycles. The second kappa shape index (κ2) is 10.8. The van der Waals surface area contributed by atoms with E-state index in [2.05, 4.69) is 19.6 Å². The number of hydrogen-bond acceptors (Lipinski definition) is 6. The van der Waals surface area contributed by atoms with E-state index in [9.17, 15) is 12.8 Å². The molecule has 6 rings (SSSR count). The third-order valence-electron chi connectivity index (χ3n) is 6.87. The number of nitrogens with one attached hydrogen (secondary N) is 1. The third kappa shape index (κ3) is 5.03. The Morgan fingerprint density at radius 1 is 0.900 bits per heavy atom. The Hall–Kier alpha value is -3.57. The molecule has 0 atom stereocenters. The monoisotopic (exact) mass is 596 g/mol. The maximum Gasteiger partial charge on any atom is 0.243 e. The molecule has 204 valence electrons. The molecule has 0 spiro atoms. The Morgan fingerprint density at radius 2 is 1.60 bits per heavy atom. The van der Waals surface area contributed by atoms with Gasteiger partial charge in [0.1, 0.15) is 22.9 Å². The molecule has 5 aromatic rings. The van der Waals surface area contributed by atoms with Crippen molar-refractivity contribution in [3.8, 4) is 17.1 Å². The molecular weight excluding hydrogens is 574 g/mol. The molecule has 3 aromatic carbocycles. The number of anilines is 1. The highest BCUT2D eigenvalue weighted by atomic mass is 35.5. The van der Waals surface area contributed by atoms with Crippen molar-refractivity contribution in [3.05, 3.63) is 95.0 Å². The SMILES string of the molecule is O=S(=O)(NC1CCN(c2ncnc3c2nc(-c2ccccc2Cl)n3-c2ccc(Cl)cc2)CC1)c1ccccc1F. The summed E-state index contributed by atoms with van der Waals surface area (Å²) in [5, 5.41) is 1.15. The van der Waals surface area contributed by atoms with Crippen LogP contribution in [0.5, 0.6) is 0 Å². The summed E-state index contributed by atoms with van der Waals surface area (Å²) < 4.78 is 44.3. The number of nitrogens with zero attached hydrogens (tertiary/aromatic N) is 5. The van der Waals surface area contributed by atoms with Crippen molar-refractivity contribution in [2.45, 2.75) is 23.8 Å². The van der Waals surface area contributed by atoms with Gasteiger partial charge in [0.15, 0.2) is 17.0 Å². The van der Waals surface area contributed by atoms with Gasteiger partial charge in [-0.25, -0.2) is 32.5 Å². The van der Waals surface area contributed by atoms with E-state index in [1.807, 2.05) is 41.0 Å². The fourth-order valence-corrected chi connectivity index (χ4v) is 6.65. The van der Waals surface area contributed by atoms with Gasteiger partial charge in [0.05, 0.1) is 5.02 Å². The zero-order valence-electron chi connectivity index (χ0n) is 21.0. The van der Waals surface area contributed by atoms with Gasteiger partial charge < -0.3 is 4.90 Å². The highest BCUT2D eigenvalue weighted by Crippen LogP contribution is 2.35. The van der Waals surface area contributed by atoms with Crippen molar-refractivity contribution >= 4 is 50.2 Å². The number of hydrogen-bond donors (Lipinski definition) is 1. The summed E-state index contributed by atoms with van der Waals surface area (Å²) in [6.45, 7) is 1.04. The lowest BCUT2D eigenvalue weighted by Crippen LogP contribution is -2.45. The number of imidazole rings is 1. The molecule has 40 heavy (non-hydrogen) atoms. The largest absolute Gasteiger partial charge is 0.355 e. The normalized spacial score (nSPS) is 14.6. The van der Waals surface area contributed by atoms with Gasteiger partial charge >= 0.3 is 0 Å². The number of halogens is 3. The molecule has 0 unspecified atom stereocenters. The quantitative estimate of drug-likeness (QED) is 0.263. The van der Waals surface area contributed by atoms with Crippen LogP contribution in [0.2, 0.25) is 10.0 Å². The van der Waals surface area contributed by atoms with E-state index in [4.69, 9.17) is 28.2 Å². The van der Waals surface area contributed by atoms with Crippen molar-refractivity contribution in [3.63, 3.8) is 0 Å². The van der Waals surface area contributed by atoms with Crippen molar-refractivity contribution in [2.24, 2.45) is 0 Å². The zero-order valence-corrected chi connectivity index (χ0v) is 23.3. The van der Waals surface area contributed by atoms with Crippen LogP contribution in [0.15, 0.2) is 84.0 Å². The lowest BCUT2D eigenvalue weighted by molar-refractivity contribution is 0.456. The first-order valence-corrected chi connectivity index (χ1v) is 14.8. The molecule has 1 saturated heterocycles. The van der Waals surface area contributed by atoms with Crippen molar-refractivity contribution in [1.29, 1.82) is 0 Å². The Bertz CT molecular complexity index is 1810. The molecule has 3 heterocycles. The smallest absolute Gasteiger partial charge is 0.243 e. The molecule has 0 bridgehead atoms. The molecule has 1 fully saturated rings. The van der Waals surface area contributed by atoms with E-state index in [0.717, 1.165) is 17.3 Å². The van der Waals surface area contributed by atoms with Gasteiger partial charge in [-0.05, 0) is 61.4 Å². The summed E-state index contributed by atoms with van der Waals surface area (Å²) in [6, 6.07) is 19.8. The molecule has 8 nitrogen and oxygen atoms in total. The third-order valence-corrected chi connectivity index (χ3v) is 9.00. The number of benzene rings is 3. The van der Waals surface area contributed by atoms with E-state index in [1.54, 1.807) is 12.1 Å². The molecule has 12 heteroatoms. The minimum atomic E-state index is -3.98. The predicted molar refractivity (Wildman–Crippen MR) is 154 cm³/mol. The van der Waals surface area contributed by atoms with Gasteiger partial charge in [0, 0.05) is 35.4 Å². The molecule has 0 aliphatic carbocycles. The summed E-state index contributed by atoms with van der Waals surface area (Å²) in [4.78, 5) is 15.8. The minimum Gasteiger partial charge on any atom is -0.355 e. The van der Waals surface area contributed by atoms with Crippen molar-refractivity contribution in [1.82, 2.24) is 24.2 Å². The standard InChI is InChI=1S/C28H23Cl2FN6O2S/c29-18-9-11-20(12-10-18)37-26(21-5-1-2-6-22(21)30)34-25-27(32-17-33-28(25)37)36-15-13-19(14-16-36)35-40(38,39)24-8-4-3-7-23(24)31/h1-12,17,19,35H,13-16H2. The van der Waals surface area contributed by atoms with Gasteiger partial charge in [-0.2, -0.15) is 0 Å². The molecule has 2 aromatic heterocycles. The average Bonchev–Trinajstić information content (AvgIpc) is 3.34. The van der Waals surface area contributed by atoms with Crippen LogP contribution in [0.1, 0.15) is 12.8 Å². The first-order valence-electron chi connectivity index (χ1n) is 12.6. The van der Waals surface area contributed by atoms with E-state index >= 15 is 0 Å². The molecule has 0 amide bonds. The summed E-state index contributed by atoms with van der Waals surface area (Å²) in [7, 11) is -3.98. The van der Waals surface area contributed by atoms with Gasteiger partial charge in [-0.15, -0.1) is 0 Å². The molecule has 1 N–H and O–H groups in total. The number of fused-ring (bicyclic) bond motifs is 1. The van der Waals surface area contributed by atoms with Crippen LogP contribution < -0.4 is 9.62 Å². The maximum atomic E-state index is 14.1. The molecule has 0 radical (unpaired) electrons. The highest BCUT2D eigenvalue weighted by Gasteiger charge is 2.29. The second-order valence-electron chi connectivity index (χ2n) is 9.41. The Labute approximate surface area is 240 Å². The van der Waals surface area contributed by atoms with Crippen molar-refractivity contribution in [2.75, 3.05) is 18.0 Å². The number of rotatable bonds is 6. The second-order valence-corrected chi connectivity index (χ2v) is 11.9. The maximum absolute atomic E-state index is 14.1. The molecular formula is C28H23Cl2FN6O2S. The fourth-order valence-electron chi connectivity index (χ4n) is 4.92. The van der Waals surface area contributed by atoms with Gasteiger partial charge in [0.25, 0.3) is 0 Å². The van der Waals surface area contributed by atoms with Gasteiger partial charge in [0.2, 0.25) is 10.0 Å². The fraction of sp³-hybridized carbons (Fsp3) is 0.179. The van der Waals surface area contributed by atoms with Crippen molar-refractivity contribution < 1.29 is 12.8 Å². The van der Waals surface area contributed by atoms with Crippen LogP contribution >= 0.6 is 23.2 Å². The first kappa shape index (κ1) is 26.6. The van der Waals surface area contributed by atoms with Crippen LogP contribution in [-0.2, 0) is 10.0 Å².